The van der Waals surface area contributed by atoms with Crippen molar-refractivity contribution in [2.45, 2.75) is 49.7 Å². The van der Waals surface area contributed by atoms with Crippen LogP contribution in [0.3, 0.4) is 0 Å². The van der Waals surface area contributed by atoms with Crippen LogP contribution in [0.1, 0.15) is 37.3 Å². The van der Waals surface area contributed by atoms with Gasteiger partial charge in [-0.25, -0.2) is 27.5 Å². The number of hydrogen-bond acceptors (Lipinski definition) is 5. The molecule has 1 saturated heterocycles. The molecule has 5 rings (SSSR count). The van der Waals surface area contributed by atoms with Crippen LogP contribution in [-0.4, -0.2) is 45.7 Å². The Kier molecular flexibility index (Phi) is 7.45. The summed E-state index contributed by atoms with van der Waals surface area (Å²) < 4.78 is 56.0. The smallest absolute Gasteiger partial charge is 0.252 e. The first kappa shape index (κ1) is 27.5. The topological polar surface area (TPSA) is 95.5 Å². The molecule has 208 valence electrons. The van der Waals surface area contributed by atoms with Gasteiger partial charge in [0.2, 0.25) is 17.8 Å². The van der Waals surface area contributed by atoms with Gasteiger partial charge in [0.1, 0.15) is 23.7 Å². The zero-order valence-electron chi connectivity index (χ0n) is 20.7. The largest absolute Gasteiger partial charge is 0.351 e. The molecule has 2 fully saturated rings. The second-order valence-corrected chi connectivity index (χ2v) is 10.0. The highest BCUT2D eigenvalue weighted by molar-refractivity contribution is 6.31. The molecule has 3 amide bonds. The zero-order valence-corrected chi connectivity index (χ0v) is 21.5. The number of aromatic nitrogens is 2. The third-order valence-electron chi connectivity index (χ3n) is 6.77. The van der Waals surface area contributed by atoms with Crippen LogP contribution >= 0.6 is 11.6 Å². The van der Waals surface area contributed by atoms with Crippen molar-refractivity contribution in [3.05, 3.63) is 83.1 Å². The quantitative estimate of drug-likeness (QED) is 0.416. The molecule has 0 radical (unpaired) electrons. The maximum atomic E-state index is 14.5. The van der Waals surface area contributed by atoms with E-state index in [9.17, 15) is 31.9 Å². The molecule has 0 spiro atoms. The molecule has 1 aliphatic heterocycles. The molecule has 1 N–H and O–H groups in total. The number of nitrogens with one attached hydrogen (secondary N) is 1. The lowest BCUT2D eigenvalue weighted by molar-refractivity contribution is -0.133. The molecule has 2 aliphatic rings. The van der Waals surface area contributed by atoms with Gasteiger partial charge in [-0.05, 0) is 30.7 Å². The van der Waals surface area contributed by atoms with Crippen LogP contribution in [0.2, 0.25) is 5.02 Å². The van der Waals surface area contributed by atoms with E-state index in [1.165, 1.54) is 36.7 Å². The number of carbonyl (C=O) groups is 3. The molecule has 1 aromatic heterocycles. The standard InChI is InChI=1S/C27H22ClF4N5O3/c28-20-5-2-1-4-19(20)23(24(39)35-17-13-27(31,32)14-17)36(18-11-15(29)10-16(30)12-18)25(40)21-6-7-22(38)37(21)26-33-8-3-9-34-26/h1-5,8-12,17,21,23H,6-7,13-14H2,(H,35,39)/t21-,23?/m0/s1. The van der Waals surface area contributed by atoms with Crippen LogP contribution < -0.4 is 15.1 Å². The monoisotopic (exact) mass is 575 g/mol. The molecular formula is C27H22ClF4N5O3. The van der Waals surface area contributed by atoms with Crippen LogP contribution in [0, 0.1) is 11.6 Å². The molecule has 2 aromatic carbocycles. The Labute approximate surface area is 231 Å². The van der Waals surface area contributed by atoms with Crippen molar-refractivity contribution >= 4 is 41.0 Å². The number of halogens is 5. The summed E-state index contributed by atoms with van der Waals surface area (Å²) in [4.78, 5) is 50.9. The summed E-state index contributed by atoms with van der Waals surface area (Å²) in [6, 6.07) is 6.06. The number of alkyl halides is 2. The number of carbonyl (C=O) groups excluding carboxylic acids is 3. The highest BCUT2D eigenvalue weighted by Gasteiger charge is 2.48. The van der Waals surface area contributed by atoms with Crippen molar-refractivity contribution in [3.8, 4) is 0 Å². The van der Waals surface area contributed by atoms with Gasteiger partial charge in [-0.3, -0.25) is 24.2 Å². The molecule has 1 aliphatic carbocycles. The predicted octanol–water partition coefficient (Wildman–Crippen LogP) is 4.59. The van der Waals surface area contributed by atoms with E-state index in [-0.39, 0.29) is 35.1 Å². The number of nitrogens with zero attached hydrogens (tertiary/aromatic N) is 4. The second kappa shape index (κ2) is 10.8. The summed E-state index contributed by atoms with van der Waals surface area (Å²) in [6.07, 6.45) is 1.49. The Balaban J connectivity index is 1.62. The molecule has 2 atom stereocenters. The minimum absolute atomic E-state index is 0.00404. The molecule has 0 bridgehead atoms. The molecule has 1 unspecified atom stereocenters. The van der Waals surface area contributed by atoms with Crippen molar-refractivity contribution < 1.29 is 31.9 Å². The molecule has 13 heteroatoms. The summed E-state index contributed by atoms with van der Waals surface area (Å²) >= 11 is 6.43. The SMILES string of the molecule is O=C(NC1CC(F)(F)C1)C(c1ccccc1Cl)N(C(=O)[C@@H]1CCC(=O)N1c1ncccn1)c1cc(F)cc(F)c1. The summed E-state index contributed by atoms with van der Waals surface area (Å²) in [7, 11) is 0. The van der Waals surface area contributed by atoms with E-state index in [1.54, 1.807) is 6.07 Å². The third-order valence-corrected chi connectivity index (χ3v) is 7.11. The van der Waals surface area contributed by atoms with E-state index in [1.807, 2.05) is 0 Å². The molecule has 1 saturated carbocycles. The first-order valence-electron chi connectivity index (χ1n) is 12.3. The molecule has 8 nitrogen and oxygen atoms in total. The van der Waals surface area contributed by atoms with E-state index in [0.29, 0.717) is 6.07 Å². The Morgan fingerprint density at radius 2 is 1.70 bits per heavy atom. The fourth-order valence-electron chi connectivity index (χ4n) is 4.96. The van der Waals surface area contributed by atoms with Crippen molar-refractivity contribution in [1.29, 1.82) is 0 Å². The average Bonchev–Trinajstić information content (AvgIpc) is 3.27. The Bertz CT molecular complexity index is 1430. The molecule has 2 heterocycles. The van der Waals surface area contributed by atoms with Crippen molar-refractivity contribution in [3.63, 3.8) is 0 Å². The van der Waals surface area contributed by atoms with Gasteiger partial charge in [-0.1, -0.05) is 29.8 Å². The molecule has 40 heavy (non-hydrogen) atoms. The lowest BCUT2D eigenvalue weighted by atomic mass is 9.87. The first-order chi connectivity index (χ1) is 19.0. The zero-order chi connectivity index (χ0) is 28.6. The number of amides is 3. The summed E-state index contributed by atoms with van der Waals surface area (Å²) in [5, 5.41) is 2.55. The minimum Gasteiger partial charge on any atom is -0.351 e. The van der Waals surface area contributed by atoms with E-state index in [0.717, 1.165) is 21.9 Å². The van der Waals surface area contributed by atoms with Crippen molar-refractivity contribution in [2.24, 2.45) is 0 Å². The highest BCUT2D eigenvalue weighted by atomic mass is 35.5. The lowest BCUT2D eigenvalue weighted by Crippen LogP contribution is -2.56. The van der Waals surface area contributed by atoms with E-state index >= 15 is 0 Å². The number of benzene rings is 2. The number of hydrogen-bond donors (Lipinski definition) is 1. The molecule has 3 aromatic rings. The van der Waals surface area contributed by atoms with Crippen LogP contribution in [0.5, 0.6) is 0 Å². The third kappa shape index (κ3) is 5.48. The molecular weight excluding hydrogens is 554 g/mol. The van der Waals surface area contributed by atoms with Crippen LogP contribution in [0.4, 0.5) is 29.2 Å². The Morgan fingerprint density at radius 3 is 2.33 bits per heavy atom. The van der Waals surface area contributed by atoms with Crippen molar-refractivity contribution in [1.82, 2.24) is 15.3 Å². The second-order valence-electron chi connectivity index (χ2n) is 9.60. The van der Waals surface area contributed by atoms with E-state index in [2.05, 4.69) is 15.3 Å². The maximum Gasteiger partial charge on any atom is 0.252 e. The van der Waals surface area contributed by atoms with E-state index in [4.69, 9.17) is 11.6 Å². The predicted molar refractivity (Wildman–Crippen MR) is 137 cm³/mol. The fourth-order valence-corrected chi connectivity index (χ4v) is 5.20. The van der Waals surface area contributed by atoms with Gasteiger partial charge in [0.25, 0.3) is 11.8 Å². The average molecular weight is 576 g/mol. The van der Waals surface area contributed by atoms with Gasteiger partial charge in [0.05, 0.1) is 5.69 Å². The first-order valence-corrected chi connectivity index (χ1v) is 12.7. The Morgan fingerprint density at radius 1 is 1.05 bits per heavy atom. The van der Waals surface area contributed by atoms with Gasteiger partial charge >= 0.3 is 0 Å². The number of rotatable bonds is 7. The van der Waals surface area contributed by atoms with Gasteiger partial charge in [-0.15, -0.1) is 0 Å². The summed E-state index contributed by atoms with van der Waals surface area (Å²) in [6.45, 7) is 0. The van der Waals surface area contributed by atoms with Crippen LogP contribution in [-0.2, 0) is 14.4 Å². The van der Waals surface area contributed by atoms with Gasteiger partial charge in [0, 0.05) is 54.4 Å². The number of anilines is 2. The van der Waals surface area contributed by atoms with Gasteiger partial charge in [-0.2, -0.15) is 0 Å². The van der Waals surface area contributed by atoms with Crippen LogP contribution in [0.15, 0.2) is 60.9 Å². The fraction of sp³-hybridized carbons (Fsp3) is 0.296. The lowest BCUT2D eigenvalue weighted by Gasteiger charge is -2.39. The van der Waals surface area contributed by atoms with Crippen LogP contribution in [0.25, 0.3) is 0 Å². The minimum atomic E-state index is -2.95. The van der Waals surface area contributed by atoms with Gasteiger partial charge in [0.15, 0.2) is 0 Å². The summed E-state index contributed by atoms with van der Waals surface area (Å²) in [5.41, 5.74) is -0.257. The van der Waals surface area contributed by atoms with Crippen molar-refractivity contribution in [2.75, 3.05) is 9.80 Å². The summed E-state index contributed by atoms with van der Waals surface area (Å²) in [5.74, 6) is -7.30. The highest BCUT2D eigenvalue weighted by Crippen LogP contribution is 2.39. The Hall–Kier alpha value is -4.06. The maximum absolute atomic E-state index is 14.5. The van der Waals surface area contributed by atoms with E-state index < -0.39 is 66.2 Å². The normalized spacial score (nSPS) is 19.2. The van der Waals surface area contributed by atoms with Gasteiger partial charge < -0.3 is 5.32 Å².